The second kappa shape index (κ2) is 15.3. The maximum absolute atomic E-state index is 13.9. The number of nitrogens with zero attached hydrogens (tertiary/aromatic N) is 3. The summed E-state index contributed by atoms with van der Waals surface area (Å²) in [6.07, 6.45) is 2.54. The number of amidine groups is 1. The highest BCUT2D eigenvalue weighted by molar-refractivity contribution is 7.89. The molecular formula is C27H34ClFN4O7S2. The summed E-state index contributed by atoms with van der Waals surface area (Å²) in [6, 6.07) is 3.06. The molecule has 0 amide bonds. The van der Waals surface area contributed by atoms with E-state index in [0.717, 1.165) is 0 Å². The van der Waals surface area contributed by atoms with Crippen molar-refractivity contribution >= 4 is 44.8 Å². The van der Waals surface area contributed by atoms with Crippen molar-refractivity contribution in [2.45, 2.75) is 18.9 Å². The maximum Gasteiger partial charge on any atom is 0.338 e. The number of rotatable bonds is 14. The van der Waals surface area contributed by atoms with E-state index >= 15 is 0 Å². The molecule has 1 fully saturated rings. The Hall–Kier alpha value is -2.46. The average Bonchev–Trinajstić information content (AvgIpc) is 3.53. The molecule has 1 saturated heterocycles. The van der Waals surface area contributed by atoms with Crippen LogP contribution in [0.15, 0.2) is 46.0 Å². The quantitative estimate of drug-likeness (QED) is 0.244. The van der Waals surface area contributed by atoms with E-state index in [1.807, 2.05) is 0 Å². The maximum atomic E-state index is 13.9. The van der Waals surface area contributed by atoms with Crippen LogP contribution in [0.4, 0.5) is 4.39 Å². The zero-order valence-corrected chi connectivity index (χ0v) is 25.8. The molecule has 0 spiro atoms. The lowest BCUT2D eigenvalue weighted by atomic mass is 9.86. The Bertz CT molecular complexity index is 1380. The third-order valence-electron chi connectivity index (χ3n) is 6.92. The molecule has 4 rings (SSSR count). The fraction of sp³-hybridized carbons (Fsp3) is 0.519. The Morgan fingerprint density at radius 2 is 1.86 bits per heavy atom. The summed E-state index contributed by atoms with van der Waals surface area (Å²) < 4.78 is 62.1. The lowest BCUT2D eigenvalue weighted by molar-refractivity contribution is -0.136. The number of hydrogen-bond donors (Lipinski definition) is 1. The number of halogens is 2. The molecular weight excluding hydrogens is 611 g/mol. The minimum absolute atomic E-state index is 0.0584. The van der Waals surface area contributed by atoms with Crippen molar-refractivity contribution in [2.75, 3.05) is 66.1 Å². The highest BCUT2D eigenvalue weighted by Crippen LogP contribution is 2.40. The SMILES string of the molecule is COCCOCCOCCS(=O)(=O)N1CCC(C2=C(C(=O)OC)[C@@H](c3ccc(F)cc3Cl)N=C(c3nccs3)N2)CC1. The molecule has 1 aromatic carbocycles. The van der Waals surface area contributed by atoms with Crippen molar-refractivity contribution in [3.63, 3.8) is 0 Å². The number of benzene rings is 1. The summed E-state index contributed by atoms with van der Waals surface area (Å²) in [6.45, 7) is 2.16. The molecule has 1 N–H and O–H groups in total. The summed E-state index contributed by atoms with van der Waals surface area (Å²) in [4.78, 5) is 22.3. The first kappa shape index (κ1) is 32.5. The number of carbonyl (C=O) groups excluding carboxylic acids is 1. The van der Waals surface area contributed by atoms with Gasteiger partial charge < -0.3 is 24.3 Å². The number of aliphatic imine (C=N–C) groups is 1. The van der Waals surface area contributed by atoms with Gasteiger partial charge in [-0.3, -0.25) is 4.99 Å². The van der Waals surface area contributed by atoms with Gasteiger partial charge in [-0.2, -0.15) is 0 Å². The molecule has 2 aliphatic rings. The van der Waals surface area contributed by atoms with Gasteiger partial charge in [0.25, 0.3) is 0 Å². The Kier molecular flexibility index (Phi) is 11.8. The van der Waals surface area contributed by atoms with Crippen molar-refractivity contribution in [3.8, 4) is 0 Å². The third-order valence-corrected chi connectivity index (χ3v) is 9.86. The molecule has 2 aromatic rings. The van der Waals surface area contributed by atoms with E-state index in [1.54, 1.807) is 18.7 Å². The fourth-order valence-electron chi connectivity index (χ4n) is 4.80. The molecule has 15 heteroatoms. The topological polar surface area (TPSA) is 129 Å². The van der Waals surface area contributed by atoms with Crippen LogP contribution in [0.3, 0.4) is 0 Å². The highest BCUT2D eigenvalue weighted by Gasteiger charge is 2.38. The normalized spacial score (nSPS) is 18.6. The average molecular weight is 645 g/mol. The van der Waals surface area contributed by atoms with Gasteiger partial charge in [-0.1, -0.05) is 17.7 Å². The van der Waals surface area contributed by atoms with Crippen molar-refractivity contribution in [1.82, 2.24) is 14.6 Å². The highest BCUT2D eigenvalue weighted by atomic mass is 35.5. The van der Waals surface area contributed by atoms with E-state index in [0.29, 0.717) is 61.4 Å². The zero-order chi connectivity index (χ0) is 30.1. The summed E-state index contributed by atoms with van der Waals surface area (Å²) in [5.74, 6) is -1.03. The summed E-state index contributed by atoms with van der Waals surface area (Å²) in [5.41, 5.74) is 1.26. The first-order valence-electron chi connectivity index (χ1n) is 13.4. The number of thiazole rings is 1. The van der Waals surface area contributed by atoms with Gasteiger partial charge in [0.15, 0.2) is 10.8 Å². The van der Waals surface area contributed by atoms with Crippen LogP contribution in [0.2, 0.25) is 5.02 Å². The van der Waals surface area contributed by atoms with Gasteiger partial charge in [0.1, 0.15) is 11.9 Å². The smallest absolute Gasteiger partial charge is 0.338 e. The minimum atomic E-state index is -3.55. The predicted molar refractivity (Wildman–Crippen MR) is 157 cm³/mol. The number of hydrogen-bond acceptors (Lipinski definition) is 11. The van der Waals surface area contributed by atoms with E-state index in [1.165, 1.54) is 41.0 Å². The van der Waals surface area contributed by atoms with Gasteiger partial charge >= 0.3 is 5.97 Å². The third kappa shape index (κ3) is 8.13. The lowest BCUT2D eigenvalue weighted by Gasteiger charge is -2.36. The van der Waals surface area contributed by atoms with Gasteiger partial charge in [0.2, 0.25) is 10.0 Å². The number of methoxy groups -OCH3 is 2. The van der Waals surface area contributed by atoms with Gasteiger partial charge in [-0.25, -0.2) is 26.9 Å². The van der Waals surface area contributed by atoms with Crippen LogP contribution in [-0.4, -0.2) is 95.6 Å². The van der Waals surface area contributed by atoms with E-state index < -0.39 is 27.9 Å². The monoisotopic (exact) mass is 644 g/mol. The van der Waals surface area contributed by atoms with Gasteiger partial charge in [-0.15, -0.1) is 11.3 Å². The number of ether oxygens (including phenoxy) is 4. The Morgan fingerprint density at radius 1 is 1.14 bits per heavy atom. The number of esters is 1. The Morgan fingerprint density at radius 3 is 2.50 bits per heavy atom. The van der Waals surface area contributed by atoms with Crippen molar-refractivity contribution in [2.24, 2.45) is 10.9 Å². The first-order valence-corrected chi connectivity index (χ1v) is 16.3. The van der Waals surface area contributed by atoms with E-state index in [4.69, 9.17) is 35.5 Å². The number of aromatic nitrogens is 1. The molecule has 42 heavy (non-hydrogen) atoms. The molecule has 0 radical (unpaired) electrons. The summed E-state index contributed by atoms with van der Waals surface area (Å²) >= 11 is 7.80. The van der Waals surface area contributed by atoms with Crippen LogP contribution in [-0.2, 0) is 33.8 Å². The van der Waals surface area contributed by atoms with Gasteiger partial charge in [-0.05, 0) is 25.0 Å². The number of carbonyl (C=O) groups is 1. The van der Waals surface area contributed by atoms with E-state index in [9.17, 15) is 17.6 Å². The van der Waals surface area contributed by atoms with E-state index in [2.05, 4.69) is 10.3 Å². The number of allylic oxidation sites excluding steroid dienone is 1. The number of nitrogens with one attached hydrogen (secondary N) is 1. The summed E-state index contributed by atoms with van der Waals surface area (Å²) in [7, 11) is -0.685. The molecule has 0 aliphatic carbocycles. The lowest BCUT2D eigenvalue weighted by Crippen LogP contribution is -2.44. The molecule has 1 atom stereocenters. The fourth-order valence-corrected chi connectivity index (χ4v) is 7.01. The van der Waals surface area contributed by atoms with Crippen molar-refractivity contribution < 1.29 is 36.6 Å². The van der Waals surface area contributed by atoms with Crippen molar-refractivity contribution in [3.05, 3.63) is 62.5 Å². The van der Waals surface area contributed by atoms with Crippen LogP contribution >= 0.6 is 22.9 Å². The molecule has 0 bridgehead atoms. The molecule has 230 valence electrons. The van der Waals surface area contributed by atoms with Crippen LogP contribution in [0.5, 0.6) is 0 Å². The number of sulfonamides is 1. The van der Waals surface area contributed by atoms with Crippen LogP contribution in [0.1, 0.15) is 29.5 Å². The van der Waals surface area contributed by atoms with Crippen LogP contribution in [0.25, 0.3) is 0 Å². The Labute approximate surface area is 253 Å². The molecule has 2 aliphatic heterocycles. The molecule has 1 aromatic heterocycles. The Balaban J connectivity index is 1.50. The van der Waals surface area contributed by atoms with Gasteiger partial charge in [0.05, 0.1) is 51.5 Å². The minimum Gasteiger partial charge on any atom is -0.466 e. The molecule has 3 heterocycles. The largest absolute Gasteiger partial charge is 0.466 e. The first-order chi connectivity index (χ1) is 20.2. The van der Waals surface area contributed by atoms with Crippen molar-refractivity contribution in [1.29, 1.82) is 0 Å². The van der Waals surface area contributed by atoms with Crippen LogP contribution in [0, 0.1) is 11.7 Å². The second-order valence-electron chi connectivity index (χ2n) is 9.53. The molecule has 0 saturated carbocycles. The predicted octanol–water partition coefficient (Wildman–Crippen LogP) is 3.18. The standard InChI is InChI=1S/C27H34ClFN4O7S2/c1-37-10-11-39-12-13-40-14-16-42(35,36)33-8-5-18(6-9-33)23-22(27(34)38-2)24(20-4-3-19(29)17-21(20)28)32-25(31-23)26-30-7-15-41-26/h3-4,7,15,17-18,24H,5-6,8-14,16H2,1-2H3,(H,31,32)/t24-/m1/s1. The summed E-state index contributed by atoms with van der Waals surface area (Å²) in [5, 5.41) is 5.82. The molecule has 0 unspecified atom stereocenters. The number of piperidine rings is 1. The van der Waals surface area contributed by atoms with Crippen LogP contribution < -0.4 is 5.32 Å². The van der Waals surface area contributed by atoms with Gasteiger partial charge in [0, 0.05) is 54.0 Å². The zero-order valence-electron chi connectivity index (χ0n) is 23.4. The second-order valence-corrected chi connectivity index (χ2v) is 12.9. The molecule has 11 nitrogen and oxygen atoms in total. The van der Waals surface area contributed by atoms with E-state index in [-0.39, 0.29) is 42.0 Å².